The fourth-order valence-corrected chi connectivity index (χ4v) is 9.87. The number of carbonyl (C=O) groups excluding carboxylic acids is 2. The second kappa shape index (κ2) is 10.2. The highest BCUT2D eigenvalue weighted by Crippen LogP contribution is 2.70. The van der Waals surface area contributed by atoms with Crippen LogP contribution >= 0.6 is 0 Å². The number of halogens is 1. The highest BCUT2D eigenvalue weighted by molar-refractivity contribution is 5.66. The predicted octanol–water partition coefficient (Wildman–Crippen LogP) is 7.67. The van der Waals surface area contributed by atoms with Gasteiger partial charge in [0.1, 0.15) is 12.2 Å². The summed E-state index contributed by atoms with van der Waals surface area (Å²) in [6, 6.07) is 0. The fraction of sp³-hybridized carbons (Fsp3) is 0.935. The smallest absolute Gasteiger partial charge is 0.303 e. The quantitative estimate of drug-likeness (QED) is 0.332. The molecular weight excluding hydrogens is 455 g/mol. The standard InChI is InChI=1S/C31H51FO4/c1-19(2)9-8-10-20(3)25-11-12-26-24-17-28(36-22(5)34)31(32)18-23(35-21(4)33)13-16-30(31,7)27(24)14-15-29(25,26)6/h19-20,23-28H,8-18H2,1-7H3. The molecule has 0 aromatic rings. The second-order valence-electron chi connectivity index (χ2n) is 14.0. The van der Waals surface area contributed by atoms with E-state index < -0.39 is 29.3 Å². The Balaban J connectivity index is 1.59. The molecule has 36 heavy (non-hydrogen) atoms. The molecule has 4 aliphatic carbocycles. The first-order valence-electron chi connectivity index (χ1n) is 14.8. The molecule has 0 N–H and O–H groups in total. The van der Waals surface area contributed by atoms with Gasteiger partial charge in [-0.15, -0.1) is 0 Å². The molecule has 0 bridgehead atoms. The Morgan fingerprint density at radius 2 is 1.61 bits per heavy atom. The third-order valence-electron chi connectivity index (χ3n) is 11.6. The van der Waals surface area contributed by atoms with Crippen molar-refractivity contribution in [2.24, 2.45) is 46.3 Å². The summed E-state index contributed by atoms with van der Waals surface area (Å²) in [5, 5.41) is 0. The zero-order valence-electron chi connectivity index (χ0n) is 23.9. The molecule has 4 fully saturated rings. The molecule has 10 atom stereocenters. The normalized spacial score (nSPS) is 44.8. The van der Waals surface area contributed by atoms with Gasteiger partial charge in [-0.25, -0.2) is 4.39 Å². The second-order valence-corrected chi connectivity index (χ2v) is 14.0. The molecule has 0 saturated heterocycles. The molecule has 4 rings (SSSR count). The maximum Gasteiger partial charge on any atom is 0.303 e. The van der Waals surface area contributed by atoms with Crippen LogP contribution in [0.3, 0.4) is 0 Å². The van der Waals surface area contributed by atoms with E-state index in [1.54, 1.807) is 0 Å². The van der Waals surface area contributed by atoms with Crippen LogP contribution in [0.15, 0.2) is 0 Å². The van der Waals surface area contributed by atoms with Crippen LogP contribution in [0.25, 0.3) is 0 Å². The third-order valence-corrected chi connectivity index (χ3v) is 11.6. The minimum atomic E-state index is -1.66. The minimum absolute atomic E-state index is 0.141. The summed E-state index contributed by atoms with van der Waals surface area (Å²) in [6.45, 7) is 14.5. The lowest BCUT2D eigenvalue weighted by Gasteiger charge is -2.64. The Morgan fingerprint density at radius 1 is 0.917 bits per heavy atom. The summed E-state index contributed by atoms with van der Waals surface area (Å²) in [5.74, 6) is 2.69. The van der Waals surface area contributed by atoms with Crippen molar-refractivity contribution in [3.8, 4) is 0 Å². The van der Waals surface area contributed by atoms with Crippen LogP contribution in [-0.2, 0) is 19.1 Å². The Kier molecular flexibility index (Phi) is 7.91. The van der Waals surface area contributed by atoms with Crippen LogP contribution in [0.1, 0.15) is 119 Å². The molecule has 4 saturated carbocycles. The molecule has 0 heterocycles. The van der Waals surface area contributed by atoms with Crippen LogP contribution < -0.4 is 0 Å². The van der Waals surface area contributed by atoms with E-state index in [1.807, 2.05) is 0 Å². The zero-order chi connectivity index (χ0) is 26.5. The van der Waals surface area contributed by atoms with E-state index in [1.165, 1.54) is 52.4 Å². The first-order chi connectivity index (χ1) is 16.8. The molecule has 0 aliphatic heterocycles. The average Bonchev–Trinajstić information content (AvgIpc) is 3.12. The Bertz CT molecular complexity index is 827. The molecule has 0 aromatic carbocycles. The van der Waals surface area contributed by atoms with Crippen molar-refractivity contribution in [2.75, 3.05) is 0 Å². The van der Waals surface area contributed by atoms with Crippen molar-refractivity contribution in [1.29, 1.82) is 0 Å². The topological polar surface area (TPSA) is 52.6 Å². The van der Waals surface area contributed by atoms with Gasteiger partial charge in [-0.2, -0.15) is 0 Å². The van der Waals surface area contributed by atoms with Crippen LogP contribution in [0.4, 0.5) is 4.39 Å². The number of carbonyl (C=O) groups is 2. The maximum atomic E-state index is 17.3. The Hall–Kier alpha value is -1.13. The predicted molar refractivity (Wildman–Crippen MR) is 140 cm³/mol. The van der Waals surface area contributed by atoms with Crippen LogP contribution in [0, 0.1) is 46.3 Å². The van der Waals surface area contributed by atoms with E-state index in [-0.39, 0.29) is 12.4 Å². The lowest BCUT2D eigenvalue weighted by atomic mass is 9.42. The van der Waals surface area contributed by atoms with E-state index >= 15 is 4.39 Å². The largest absolute Gasteiger partial charge is 0.462 e. The number of hydrogen-bond acceptors (Lipinski definition) is 4. The highest BCUT2D eigenvalue weighted by Gasteiger charge is 2.70. The lowest BCUT2D eigenvalue weighted by Crippen LogP contribution is -2.67. The van der Waals surface area contributed by atoms with Gasteiger partial charge in [0.2, 0.25) is 0 Å². The molecule has 206 valence electrons. The van der Waals surface area contributed by atoms with Gasteiger partial charge in [-0.05, 0) is 85.9 Å². The third kappa shape index (κ3) is 4.75. The van der Waals surface area contributed by atoms with Crippen LogP contribution in [-0.4, -0.2) is 29.8 Å². The van der Waals surface area contributed by atoms with Gasteiger partial charge in [-0.3, -0.25) is 9.59 Å². The van der Waals surface area contributed by atoms with Gasteiger partial charge in [0, 0.05) is 25.7 Å². The number of esters is 2. The SMILES string of the molecule is CC(=O)OC1CCC2(C)C3CCC4(C)C(C(C)CCCC(C)C)CCC4C3CC(OC(C)=O)C2(F)C1. The summed E-state index contributed by atoms with van der Waals surface area (Å²) in [5.41, 5.74) is -1.93. The molecule has 10 unspecified atom stereocenters. The molecular formula is C31H51FO4. The lowest BCUT2D eigenvalue weighted by molar-refractivity contribution is -0.243. The molecule has 5 heteroatoms. The van der Waals surface area contributed by atoms with Gasteiger partial charge in [0.15, 0.2) is 5.67 Å². The van der Waals surface area contributed by atoms with Gasteiger partial charge in [-0.1, -0.05) is 53.9 Å². The summed E-state index contributed by atoms with van der Waals surface area (Å²) in [7, 11) is 0. The average molecular weight is 507 g/mol. The number of ether oxygens (including phenoxy) is 2. The van der Waals surface area contributed by atoms with E-state index in [0.717, 1.165) is 24.2 Å². The van der Waals surface area contributed by atoms with Gasteiger partial charge in [0.05, 0.1) is 0 Å². The van der Waals surface area contributed by atoms with Gasteiger partial charge >= 0.3 is 11.9 Å². The van der Waals surface area contributed by atoms with E-state index in [2.05, 4.69) is 34.6 Å². The molecule has 0 aromatic heterocycles. The van der Waals surface area contributed by atoms with E-state index in [4.69, 9.17) is 9.47 Å². The van der Waals surface area contributed by atoms with E-state index in [0.29, 0.717) is 42.4 Å². The van der Waals surface area contributed by atoms with Crippen molar-refractivity contribution >= 4 is 11.9 Å². The molecule has 0 radical (unpaired) electrons. The highest BCUT2D eigenvalue weighted by atomic mass is 19.1. The van der Waals surface area contributed by atoms with Crippen molar-refractivity contribution in [3.05, 3.63) is 0 Å². The van der Waals surface area contributed by atoms with Gasteiger partial charge < -0.3 is 9.47 Å². The van der Waals surface area contributed by atoms with Gasteiger partial charge in [0.25, 0.3) is 0 Å². The fourth-order valence-electron chi connectivity index (χ4n) is 9.87. The first-order valence-corrected chi connectivity index (χ1v) is 14.8. The monoisotopic (exact) mass is 506 g/mol. The zero-order valence-corrected chi connectivity index (χ0v) is 23.9. The number of alkyl halides is 1. The van der Waals surface area contributed by atoms with E-state index in [9.17, 15) is 9.59 Å². The van der Waals surface area contributed by atoms with Crippen molar-refractivity contribution in [2.45, 2.75) is 137 Å². The molecule has 0 amide bonds. The first kappa shape index (κ1) is 27.9. The Labute approximate surface area is 218 Å². The summed E-state index contributed by atoms with van der Waals surface area (Å²) in [4.78, 5) is 23.8. The number of rotatable bonds is 7. The van der Waals surface area contributed by atoms with Crippen molar-refractivity contribution in [3.63, 3.8) is 0 Å². The summed E-state index contributed by atoms with van der Waals surface area (Å²) in [6.07, 6.45) is 9.56. The van der Waals surface area contributed by atoms with Crippen molar-refractivity contribution < 1.29 is 23.5 Å². The molecule has 4 aliphatic rings. The van der Waals surface area contributed by atoms with Crippen LogP contribution in [0.5, 0.6) is 0 Å². The molecule has 0 spiro atoms. The summed E-state index contributed by atoms with van der Waals surface area (Å²) >= 11 is 0. The van der Waals surface area contributed by atoms with Crippen LogP contribution in [0.2, 0.25) is 0 Å². The Morgan fingerprint density at radius 3 is 2.25 bits per heavy atom. The number of hydrogen-bond donors (Lipinski definition) is 0. The molecule has 4 nitrogen and oxygen atoms in total. The number of fused-ring (bicyclic) bond motifs is 5. The summed E-state index contributed by atoms with van der Waals surface area (Å²) < 4.78 is 28.6. The maximum absolute atomic E-state index is 17.3. The minimum Gasteiger partial charge on any atom is -0.462 e. The van der Waals surface area contributed by atoms with Crippen molar-refractivity contribution in [1.82, 2.24) is 0 Å².